The third-order valence-electron chi connectivity index (χ3n) is 3.10. The number of ether oxygens (including phenoxy) is 1. The lowest BCUT2D eigenvalue weighted by molar-refractivity contribution is 0.477. The minimum Gasteiger partial charge on any atom is -0.454 e. The van der Waals surface area contributed by atoms with Gasteiger partial charge in [0.2, 0.25) is 0 Å². The summed E-state index contributed by atoms with van der Waals surface area (Å²) in [5.74, 6) is 0.216. The van der Waals surface area contributed by atoms with Gasteiger partial charge in [-0.15, -0.1) is 0 Å². The number of hydrogen-bond acceptors (Lipinski definition) is 2. The number of nitrogens with two attached hydrogens (primary N) is 1. The highest BCUT2D eigenvalue weighted by Crippen LogP contribution is 2.38. The summed E-state index contributed by atoms with van der Waals surface area (Å²) in [6, 6.07) is 14.1. The van der Waals surface area contributed by atoms with Gasteiger partial charge in [-0.05, 0) is 38.8 Å². The lowest BCUT2D eigenvalue weighted by Crippen LogP contribution is -1.94. The molecule has 0 saturated carbocycles. The van der Waals surface area contributed by atoms with Crippen LogP contribution in [0.15, 0.2) is 53.0 Å². The summed E-state index contributed by atoms with van der Waals surface area (Å²) in [4.78, 5) is 0. The van der Waals surface area contributed by atoms with Crippen LogP contribution < -0.4 is 10.5 Å². The fraction of sp³-hybridized carbons (Fsp3) is 0. The van der Waals surface area contributed by atoms with Gasteiger partial charge in [-0.25, -0.2) is 4.39 Å². The fourth-order valence-corrected chi connectivity index (χ4v) is 2.79. The van der Waals surface area contributed by atoms with Crippen LogP contribution in [0.25, 0.3) is 10.8 Å². The molecule has 0 aliphatic heterocycles. The first-order chi connectivity index (χ1) is 10.1. The van der Waals surface area contributed by atoms with Crippen molar-refractivity contribution in [3.8, 4) is 11.5 Å². The van der Waals surface area contributed by atoms with Gasteiger partial charge in [0.15, 0.2) is 5.75 Å². The molecule has 3 aromatic rings. The molecule has 0 aromatic heterocycles. The maximum absolute atomic E-state index is 13.5. The summed E-state index contributed by atoms with van der Waals surface area (Å²) in [6.07, 6.45) is 0. The summed E-state index contributed by atoms with van der Waals surface area (Å²) < 4.78 is 20.0. The first-order valence-electron chi connectivity index (χ1n) is 6.16. The molecule has 0 amide bonds. The standard InChI is InChI=1S/C16H10BrClFNO/c17-16-10-4-2-1-3-9(10)5-6-14(16)21-15-8-12(19)11(18)7-13(15)20/h1-8H,20H2. The van der Waals surface area contributed by atoms with E-state index in [-0.39, 0.29) is 16.5 Å². The molecular formula is C16H10BrClFNO. The molecule has 0 bridgehead atoms. The molecule has 0 fully saturated rings. The van der Waals surface area contributed by atoms with Crippen LogP contribution >= 0.6 is 27.5 Å². The Bertz CT molecular complexity index is 838. The Hall–Kier alpha value is -1.78. The van der Waals surface area contributed by atoms with Gasteiger partial charge in [-0.2, -0.15) is 0 Å². The molecule has 106 valence electrons. The first kappa shape index (κ1) is 14.2. The van der Waals surface area contributed by atoms with E-state index in [1.807, 2.05) is 30.3 Å². The van der Waals surface area contributed by atoms with E-state index in [2.05, 4.69) is 15.9 Å². The smallest absolute Gasteiger partial charge is 0.153 e. The molecule has 2 N–H and O–H groups in total. The number of nitrogen functional groups attached to an aromatic ring is 1. The van der Waals surface area contributed by atoms with Gasteiger partial charge in [0, 0.05) is 6.07 Å². The largest absolute Gasteiger partial charge is 0.454 e. The van der Waals surface area contributed by atoms with Crippen LogP contribution in [0.3, 0.4) is 0 Å². The van der Waals surface area contributed by atoms with E-state index in [0.717, 1.165) is 15.2 Å². The average Bonchev–Trinajstić information content (AvgIpc) is 2.48. The van der Waals surface area contributed by atoms with Crippen molar-refractivity contribution in [1.82, 2.24) is 0 Å². The zero-order valence-corrected chi connectivity index (χ0v) is 13.1. The van der Waals surface area contributed by atoms with Crippen LogP contribution in [0.1, 0.15) is 0 Å². The summed E-state index contributed by atoms with van der Waals surface area (Å²) in [6.45, 7) is 0. The first-order valence-corrected chi connectivity index (χ1v) is 7.33. The molecule has 0 spiro atoms. The van der Waals surface area contributed by atoms with Crippen LogP contribution in [0, 0.1) is 5.82 Å². The van der Waals surface area contributed by atoms with Crippen molar-refractivity contribution >= 4 is 44.0 Å². The molecule has 0 saturated heterocycles. The van der Waals surface area contributed by atoms with Crippen LogP contribution in [-0.4, -0.2) is 0 Å². The molecule has 0 aliphatic rings. The Morgan fingerprint density at radius 1 is 1.05 bits per heavy atom. The highest BCUT2D eigenvalue weighted by atomic mass is 79.9. The van der Waals surface area contributed by atoms with E-state index in [1.165, 1.54) is 12.1 Å². The fourth-order valence-electron chi connectivity index (χ4n) is 2.04. The van der Waals surface area contributed by atoms with Crippen molar-refractivity contribution in [2.75, 3.05) is 5.73 Å². The van der Waals surface area contributed by atoms with E-state index >= 15 is 0 Å². The molecule has 3 rings (SSSR count). The topological polar surface area (TPSA) is 35.2 Å². The lowest BCUT2D eigenvalue weighted by Gasteiger charge is -2.12. The highest BCUT2D eigenvalue weighted by molar-refractivity contribution is 9.10. The minimum atomic E-state index is -0.572. The third kappa shape index (κ3) is 2.69. The predicted octanol–water partition coefficient (Wildman–Crippen LogP) is 5.77. The van der Waals surface area contributed by atoms with Crippen LogP contribution in [0.2, 0.25) is 5.02 Å². The molecule has 5 heteroatoms. The Balaban J connectivity index is 2.06. The number of anilines is 1. The second kappa shape index (κ2) is 5.54. The summed E-state index contributed by atoms with van der Waals surface area (Å²) in [7, 11) is 0. The molecule has 0 aliphatic carbocycles. The Morgan fingerprint density at radius 2 is 1.81 bits per heavy atom. The number of halogens is 3. The van der Waals surface area contributed by atoms with Crippen molar-refractivity contribution in [2.45, 2.75) is 0 Å². The van der Waals surface area contributed by atoms with Crippen molar-refractivity contribution in [3.63, 3.8) is 0 Å². The quantitative estimate of drug-likeness (QED) is 0.584. The van der Waals surface area contributed by atoms with Crippen LogP contribution in [-0.2, 0) is 0 Å². The summed E-state index contributed by atoms with van der Waals surface area (Å²) in [5.41, 5.74) is 6.09. The molecule has 21 heavy (non-hydrogen) atoms. The van der Waals surface area contributed by atoms with E-state index in [4.69, 9.17) is 22.1 Å². The summed E-state index contributed by atoms with van der Waals surface area (Å²) >= 11 is 9.19. The molecule has 0 unspecified atom stereocenters. The number of rotatable bonds is 2. The van der Waals surface area contributed by atoms with Crippen molar-refractivity contribution in [1.29, 1.82) is 0 Å². The lowest BCUT2D eigenvalue weighted by atomic mass is 10.1. The van der Waals surface area contributed by atoms with Gasteiger partial charge < -0.3 is 10.5 Å². The summed E-state index contributed by atoms with van der Waals surface area (Å²) in [5, 5.41) is 2.05. The van der Waals surface area contributed by atoms with Gasteiger partial charge in [-0.3, -0.25) is 0 Å². The zero-order valence-electron chi connectivity index (χ0n) is 10.7. The normalized spacial score (nSPS) is 10.8. The molecule has 0 radical (unpaired) electrons. The minimum absolute atomic E-state index is 0.0302. The Kier molecular flexibility index (Phi) is 3.74. The second-order valence-electron chi connectivity index (χ2n) is 4.51. The SMILES string of the molecule is Nc1cc(Cl)c(F)cc1Oc1ccc2ccccc2c1Br. The van der Waals surface area contributed by atoms with E-state index in [0.29, 0.717) is 5.75 Å². The van der Waals surface area contributed by atoms with Gasteiger partial charge in [0.1, 0.15) is 11.6 Å². The van der Waals surface area contributed by atoms with E-state index < -0.39 is 5.82 Å². The predicted molar refractivity (Wildman–Crippen MR) is 87.5 cm³/mol. The molecular weight excluding hydrogens is 357 g/mol. The molecule has 0 heterocycles. The Labute approximate surface area is 134 Å². The van der Waals surface area contributed by atoms with Crippen LogP contribution in [0.4, 0.5) is 10.1 Å². The average molecular weight is 367 g/mol. The number of benzene rings is 3. The monoisotopic (exact) mass is 365 g/mol. The molecule has 2 nitrogen and oxygen atoms in total. The van der Waals surface area contributed by atoms with Gasteiger partial charge >= 0.3 is 0 Å². The molecule has 3 aromatic carbocycles. The number of hydrogen-bond donors (Lipinski definition) is 1. The van der Waals surface area contributed by atoms with E-state index in [1.54, 1.807) is 6.07 Å². The van der Waals surface area contributed by atoms with Crippen molar-refractivity contribution in [3.05, 3.63) is 63.8 Å². The Morgan fingerprint density at radius 3 is 2.62 bits per heavy atom. The maximum atomic E-state index is 13.5. The zero-order chi connectivity index (χ0) is 15.0. The maximum Gasteiger partial charge on any atom is 0.153 e. The van der Waals surface area contributed by atoms with Gasteiger partial charge in [0.25, 0.3) is 0 Å². The highest BCUT2D eigenvalue weighted by Gasteiger charge is 2.11. The van der Waals surface area contributed by atoms with Crippen molar-refractivity contribution < 1.29 is 9.13 Å². The third-order valence-corrected chi connectivity index (χ3v) is 4.21. The van der Waals surface area contributed by atoms with Crippen molar-refractivity contribution in [2.24, 2.45) is 0 Å². The second-order valence-corrected chi connectivity index (χ2v) is 5.71. The number of fused-ring (bicyclic) bond motifs is 1. The van der Waals surface area contributed by atoms with Gasteiger partial charge in [0.05, 0.1) is 15.2 Å². The van der Waals surface area contributed by atoms with Gasteiger partial charge in [-0.1, -0.05) is 41.9 Å². The molecule has 0 atom stereocenters. The van der Waals surface area contributed by atoms with Crippen LogP contribution in [0.5, 0.6) is 11.5 Å². The van der Waals surface area contributed by atoms with E-state index in [9.17, 15) is 4.39 Å².